The summed E-state index contributed by atoms with van der Waals surface area (Å²) in [5.74, 6) is 0.749. The summed E-state index contributed by atoms with van der Waals surface area (Å²) in [6.07, 6.45) is 8.10. The predicted octanol–water partition coefficient (Wildman–Crippen LogP) is 3.72. The number of hydrogen-bond donors (Lipinski definition) is 0. The lowest BCUT2D eigenvalue weighted by atomic mass is 9.99. The van der Waals surface area contributed by atoms with Gasteiger partial charge in [-0.1, -0.05) is 51.7 Å². The molecule has 0 aromatic carbocycles. The normalized spacial score (nSPS) is 14.2. The number of hydrogen-bond acceptors (Lipinski definition) is 0. The van der Waals surface area contributed by atoms with Gasteiger partial charge in [0.15, 0.2) is 0 Å². The van der Waals surface area contributed by atoms with Gasteiger partial charge in [0.05, 0.1) is 0 Å². The minimum Gasteiger partial charge on any atom is -0.0991 e. The Hall–Kier alpha value is -0.780. The predicted molar refractivity (Wildman–Crippen MR) is 52.5 cm³/mol. The van der Waals surface area contributed by atoms with Gasteiger partial charge < -0.3 is 0 Å². The first-order chi connectivity index (χ1) is 5.24. The van der Waals surface area contributed by atoms with E-state index >= 15 is 0 Å². The monoisotopic (exact) mass is 150 g/mol. The van der Waals surface area contributed by atoms with Crippen molar-refractivity contribution in [3.8, 4) is 0 Å². The number of allylic oxidation sites excluding steroid dienone is 4. The molecule has 0 aromatic heterocycles. The van der Waals surface area contributed by atoms with E-state index < -0.39 is 0 Å². The van der Waals surface area contributed by atoms with E-state index in [9.17, 15) is 0 Å². The smallest absolute Gasteiger partial charge is 0.0253 e. The van der Waals surface area contributed by atoms with Gasteiger partial charge in [-0.2, -0.15) is 0 Å². The molecule has 0 amide bonds. The molecule has 0 heterocycles. The fourth-order valence-electron chi connectivity index (χ4n) is 0.917. The van der Waals surface area contributed by atoms with Crippen molar-refractivity contribution in [2.75, 3.05) is 0 Å². The van der Waals surface area contributed by atoms with Gasteiger partial charge in [-0.05, 0) is 17.9 Å². The lowest BCUT2D eigenvalue weighted by Gasteiger charge is -2.07. The van der Waals surface area contributed by atoms with Crippen molar-refractivity contribution in [2.24, 2.45) is 5.92 Å². The second kappa shape index (κ2) is 5.96. The molecule has 0 unspecified atom stereocenters. The van der Waals surface area contributed by atoms with E-state index in [2.05, 4.69) is 27.0 Å². The highest BCUT2D eigenvalue weighted by Gasteiger charge is 1.99. The lowest BCUT2D eigenvalue weighted by Crippen LogP contribution is -1.92. The third-order valence-corrected chi connectivity index (χ3v) is 1.88. The van der Waals surface area contributed by atoms with Crippen LogP contribution in [0.25, 0.3) is 0 Å². The second-order valence-corrected chi connectivity index (χ2v) is 2.90. The van der Waals surface area contributed by atoms with Gasteiger partial charge in [0.1, 0.15) is 0 Å². The van der Waals surface area contributed by atoms with Gasteiger partial charge in [0.2, 0.25) is 0 Å². The average molecular weight is 150 g/mol. The van der Waals surface area contributed by atoms with Crippen LogP contribution in [-0.4, -0.2) is 0 Å². The van der Waals surface area contributed by atoms with Crippen LogP contribution < -0.4 is 0 Å². The maximum atomic E-state index is 3.75. The van der Waals surface area contributed by atoms with Crippen molar-refractivity contribution in [2.45, 2.75) is 26.7 Å². The van der Waals surface area contributed by atoms with Crippen LogP contribution in [0.2, 0.25) is 0 Å². The molecular formula is C11H18. The molecule has 0 N–H and O–H groups in total. The molecule has 0 spiro atoms. The molecule has 0 nitrogen and oxygen atoms in total. The van der Waals surface area contributed by atoms with E-state index in [-0.39, 0.29) is 0 Å². The van der Waals surface area contributed by atoms with Crippen LogP contribution in [0.3, 0.4) is 0 Å². The van der Waals surface area contributed by atoms with E-state index in [4.69, 9.17) is 0 Å². The van der Waals surface area contributed by atoms with Gasteiger partial charge in [-0.3, -0.25) is 0 Å². The Morgan fingerprint density at radius 2 is 2.09 bits per heavy atom. The van der Waals surface area contributed by atoms with Gasteiger partial charge in [0, 0.05) is 0 Å². The van der Waals surface area contributed by atoms with Crippen LogP contribution in [-0.2, 0) is 0 Å². The molecule has 0 aliphatic rings. The van der Waals surface area contributed by atoms with Crippen molar-refractivity contribution in [3.05, 3.63) is 37.0 Å². The van der Waals surface area contributed by atoms with Crippen molar-refractivity contribution in [1.82, 2.24) is 0 Å². The topological polar surface area (TPSA) is 0 Å². The third kappa shape index (κ3) is 4.60. The Bertz CT molecular complexity index is 151. The lowest BCUT2D eigenvalue weighted by molar-refractivity contribution is 0.562. The Morgan fingerprint density at radius 1 is 1.45 bits per heavy atom. The highest BCUT2D eigenvalue weighted by Crippen LogP contribution is 2.14. The third-order valence-electron chi connectivity index (χ3n) is 1.88. The van der Waals surface area contributed by atoms with E-state index in [1.165, 1.54) is 12.0 Å². The zero-order valence-electron chi connectivity index (χ0n) is 7.64. The first kappa shape index (κ1) is 10.2. The van der Waals surface area contributed by atoms with Crippen molar-refractivity contribution in [3.63, 3.8) is 0 Å². The first-order valence-corrected chi connectivity index (χ1v) is 4.18. The standard InChI is InChI=1S/C11H18/c1-5-8-11(7-3)9-10(4)6-2/h5,7-8,10H,1,3,6,9H2,2,4H3/b11-8+/t10-/m0/s1. The summed E-state index contributed by atoms with van der Waals surface area (Å²) in [5, 5.41) is 0. The maximum Gasteiger partial charge on any atom is -0.0253 e. The molecule has 0 heteroatoms. The summed E-state index contributed by atoms with van der Waals surface area (Å²) < 4.78 is 0. The Kier molecular flexibility index (Phi) is 5.54. The summed E-state index contributed by atoms with van der Waals surface area (Å²) in [6, 6.07) is 0. The molecule has 1 atom stereocenters. The molecule has 0 bridgehead atoms. The zero-order valence-corrected chi connectivity index (χ0v) is 7.64. The largest absolute Gasteiger partial charge is 0.0991 e. The van der Waals surface area contributed by atoms with Gasteiger partial charge >= 0.3 is 0 Å². The fourth-order valence-corrected chi connectivity index (χ4v) is 0.917. The molecule has 0 rings (SSSR count). The SMILES string of the molecule is C=C/C=C(\C=C)C[C@@H](C)CC. The van der Waals surface area contributed by atoms with Crippen LogP contribution >= 0.6 is 0 Å². The molecule has 0 aliphatic heterocycles. The Morgan fingerprint density at radius 3 is 2.45 bits per heavy atom. The molecule has 0 fully saturated rings. The Labute approximate surface area is 70.3 Å². The summed E-state index contributed by atoms with van der Waals surface area (Å²) in [5.41, 5.74) is 1.29. The van der Waals surface area contributed by atoms with Gasteiger partial charge in [0.25, 0.3) is 0 Å². The molecule has 0 saturated carbocycles. The highest BCUT2D eigenvalue weighted by atomic mass is 14.0. The van der Waals surface area contributed by atoms with Crippen LogP contribution in [0.1, 0.15) is 26.7 Å². The molecule has 62 valence electrons. The van der Waals surface area contributed by atoms with Crippen LogP contribution in [0.4, 0.5) is 0 Å². The van der Waals surface area contributed by atoms with Gasteiger partial charge in [-0.25, -0.2) is 0 Å². The summed E-state index contributed by atoms with van der Waals surface area (Å²) in [6.45, 7) is 11.9. The Balaban J connectivity index is 3.97. The summed E-state index contributed by atoms with van der Waals surface area (Å²) in [7, 11) is 0. The van der Waals surface area contributed by atoms with Gasteiger partial charge in [-0.15, -0.1) is 0 Å². The molecular weight excluding hydrogens is 132 g/mol. The molecule has 0 saturated heterocycles. The van der Waals surface area contributed by atoms with E-state index in [0.29, 0.717) is 0 Å². The fraction of sp³-hybridized carbons (Fsp3) is 0.455. The van der Waals surface area contributed by atoms with Crippen LogP contribution in [0.5, 0.6) is 0 Å². The van der Waals surface area contributed by atoms with Crippen molar-refractivity contribution < 1.29 is 0 Å². The minimum absolute atomic E-state index is 0.749. The number of rotatable bonds is 5. The molecule has 0 radical (unpaired) electrons. The minimum atomic E-state index is 0.749. The molecule has 11 heavy (non-hydrogen) atoms. The van der Waals surface area contributed by atoms with E-state index in [0.717, 1.165) is 12.3 Å². The highest BCUT2D eigenvalue weighted by molar-refractivity contribution is 5.21. The van der Waals surface area contributed by atoms with Crippen LogP contribution in [0.15, 0.2) is 37.0 Å². The second-order valence-electron chi connectivity index (χ2n) is 2.90. The van der Waals surface area contributed by atoms with E-state index in [1.807, 2.05) is 18.2 Å². The average Bonchev–Trinajstić information content (AvgIpc) is 2.03. The maximum absolute atomic E-state index is 3.75. The zero-order chi connectivity index (χ0) is 8.69. The van der Waals surface area contributed by atoms with Crippen molar-refractivity contribution >= 4 is 0 Å². The van der Waals surface area contributed by atoms with Crippen LogP contribution in [0, 0.1) is 5.92 Å². The summed E-state index contributed by atoms with van der Waals surface area (Å²) >= 11 is 0. The summed E-state index contributed by atoms with van der Waals surface area (Å²) in [4.78, 5) is 0. The molecule has 0 aromatic rings. The van der Waals surface area contributed by atoms with E-state index in [1.54, 1.807) is 0 Å². The van der Waals surface area contributed by atoms with Crippen molar-refractivity contribution in [1.29, 1.82) is 0 Å². The molecule has 0 aliphatic carbocycles. The first-order valence-electron chi connectivity index (χ1n) is 4.18. The quantitative estimate of drug-likeness (QED) is 0.524.